The molecule has 56 valence electrons. The summed E-state index contributed by atoms with van der Waals surface area (Å²) in [7, 11) is 0. The molecule has 2 aromatic rings. The molecule has 0 N–H and O–H groups in total. The van der Waals surface area contributed by atoms with Crippen molar-refractivity contribution in [3.05, 3.63) is 27.7 Å². The summed E-state index contributed by atoms with van der Waals surface area (Å²) in [6.45, 7) is 2.01. The van der Waals surface area contributed by atoms with Crippen LogP contribution in [0.1, 0.15) is 5.69 Å². The second-order valence-corrected chi connectivity index (χ2v) is 3.43. The molecule has 0 aliphatic rings. The summed E-state index contributed by atoms with van der Waals surface area (Å²) in [6, 6.07) is 3.89. The van der Waals surface area contributed by atoms with E-state index in [2.05, 4.69) is 32.7 Å². The highest BCUT2D eigenvalue weighted by Crippen LogP contribution is 2.07. The Morgan fingerprint density at radius 2 is 2.36 bits per heavy atom. The van der Waals surface area contributed by atoms with Gasteiger partial charge in [-0.15, -0.1) is 0 Å². The molecule has 0 bridgehead atoms. The summed E-state index contributed by atoms with van der Waals surface area (Å²) in [4.78, 5) is 4.16. The van der Waals surface area contributed by atoms with Crippen molar-refractivity contribution in [1.29, 1.82) is 0 Å². The van der Waals surface area contributed by atoms with Crippen LogP contribution >= 0.6 is 22.6 Å². The highest BCUT2D eigenvalue weighted by atomic mass is 127. The maximum atomic E-state index is 4.25. The minimum Gasteiger partial charge on any atom is -0.237 e. The van der Waals surface area contributed by atoms with Crippen LogP contribution in [0.4, 0.5) is 0 Å². The lowest BCUT2D eigenvalue weighted by atomic mass is 10.4. The molecule has 11 heavy (non-hydrogen) atoms. The van der Waals surface area contributed by atoms with Crippen LogP contribution < -0.4 is 0 Å². The van der Waals surface area contributed by atoms with E-state index >= 15 is 0 Å². The number of aryl methyl sites for hydroxylation is 1. The first-order valence-electron chi connectivity index (χ1n) is 3.24. The molecule has 4 heteroatoms. The summed E-state index contributed by atoms with van der Waals surface area (Å²) >= 11 is 2.18. The third-order valence-corrected chi connectivity index (χ3v) is 2.04. The summed E-state index contributed by atoms with van der Waals surface area (Å²) in [6.07, 6.45) is 1.79. The smallest absolute Gasteiger partial charge is 0.156 e. The topological polar surface area (TPSA) is 30.2 Å². The average Bonchev–Trinajstić information content (AvgIpc) is 2.31. The second kappa shape index (κ2) is 2.44. The van der Waals surface area contributed by atoms with Gasteiger partial charge in [0.15, 0.2) is 5.65 Å². The molecule has 0 amide bonds. The number of hydrogen-bond acceptors (Lipinski definition) is 2. The number of nitrogens with zero attached hydrogens (tertiary/aromatic N) is 3. The Bertz CT molecular complexity index is 393. The van der Waals surface area contributed by atoms with Crippen molar-refractivity contribution in [2.45, 2.75) is 6.92 Å². The van der Waals surface area contributed by atoms with Gasteiger partial charge in [-0.25, -0.2) is 9.50 Å². The zero-order valence-electron chi connectivity index (χ0n) is 5.95. The molecule has 0 aliphatic heterocycles. The minimum atomic E-state index is 0.911. The van der Waals surface area contributed by atoms with Crippen LogP contribution in [0.5, 0.6) is 0 Å². The van der Waals surface area contributed by atoms with Gasteiger partial charge in [-0.1, -0.05) is 0 Å². The first-order chi connectivity index (χ1) is 5.27. The van der Waals surface area contributed by atoms with Crippen molar-refractivity contribution in [3.8, 4) is 0 Å². The Kier molecular flexibility index (Phi) is 1.56. The van der Waals surface area contributed by atoms with Gasteiger partial charge < -0.3 is 0 Å². The van der Waals surface area contributed by atoms with Gasteiger partial charge in [0.05, 0.1) is 0 Å². The van der Waals surface area contributed by atoms with Crippen molar-refractivity contribution < 1.29 is 0 Å². The molecule has 0 spiro atoms. The van der Waals surface area contributed by atoms with E-state index in [0.29, 0.717) is 0 Å². The van der Waals surface area contributed by atoms with E-state index in [4.69, 9.17) is 0 Å². The minimum absolute atomic E-state index is 0.911. The SMILES string of the molecule is Cc1ccnc2cc(I)nn12. The number of aromatic nitrogens is 3. The van der Waals surface area contributed by atoms with Crippen LogP contribution in [0.25, 0.3) is 5.65 Å². The third-order valence-electron chi connectivity index (χ3n) is 1.52. The molecule has 0 fully saturated rings. The third kappa shape index (κ3) is 1.11. The fraction of sp³-hybridized carbons (Fsp3) is 0.143. The average molecular weight is 259 g/mol. The van der Waals surface area contributed by atoms with Crippen LogP contribution in [0.15, 0.2) is 18.3 Å². The molecule has 2 rings (SSSR count). The lowest BCUT2D eigenvalue weighted by molar-refractivity contribution is 0.884. The quantitative estimate of drug-likeness (QED) is 0.673. The Labute approximate surface area is 77.6 Å². The molecular formula is C7H6IN3. The second-order valence-electron chi connectivity index (χ2n) is 2.32. The molecule has 2 heterocycles. The van der Waals surface area contributed by atoms with E-state index in [1.54, 1.807) is 6.20 Å². The molecule has 0 radical (unpaired) electrons. The van der Waals surface area contributed by atoms with Gasteiger partial charge >= 0.3 is 0 Å². The van der Waals surface area contributed by atoms with Crippen LogP contribution in [-0.4, -0.2) is 14.6 Å². The summed E-state index contributed by atoms with van der Waals surface area (Å²) in [5, 5.41) is 4.25. The maximum absolute atomic E-state index is 4.25. The van der Waals surface area contributed by atoms with E-state index in [1.165, 1.54) is 0 Å². The molecular weight excluding hydrogens is 253 g/mol. The number of hydrogen-bond donors (Lipinski definition) is 0. The van der Waals surface area contributed by atoms with Crippen LogP contribution in [0, 0.1) is 10.6 Å². The number of fused-ring (bicyclic) bond motifs is 1. The van der Waals surface area contributed by atoms with E-state index < -0.39 is 0 Å². The zero-order valence-corrected chi connectivity index (χ0v) is 8.11. The highest BCUT2D eigenvalue weighted by Gasteiger charge is 1.99. The van der Waals surface area contributed by atoms with Crippen molar-refractivity contribution in [1.82, 2.24) is 14.6 Å². The predicted octanol–water partition coefficient (Wildman–Crippen LogP) is 1.64. The highest BCUT2D eigenvalue weighted by molar-refractivity contribution is 14.1. The van der Waals surface area contributed by atoms with Gasteiger partial charge in [0.25, 0.3) is 0 Å². The van der Waals surface area contributed by atoms with Gasteiger partial charge in [-0.2, -0.15) is 5.10 Å². The molecule has 0 saturated heterocycles. The van der Waals surface area contributed by atoms with Crippen LogP contribution in [0.2, 0.25) is 0 Å². The van der Waals surface area contributed by atoms with E-state index in [-0.39, 0.29) is 0 Å². The molecule has 0 unspecified atom stereocenters. The lowest BCUT2D eigenvalue weighted by Crippen LogP contribution is -1.93. The van der Waals surface area contributed by atoms with Gasteiger partial charge in [-0.05, 0) is 35.6 Å². The Morgan fingerprint density at radius 1 is 1.55 bits per heavy atom. The number of halogens is 1. The Hall–Kier alpha value is -0.650. The summed E-state index contributed by atoms with van der Waals surface area (Å²) in [5.41, 5.74) is 2.02. The first kappa shape index (κ1) is 7.02. The van der Waals surface area contributed by atoms with E-state index in [9.17, 15) is 0 Å². The molecule has 0 saturated carbocycles. The van der Waals surface area contributed by atoms with Crippen molar-refractivity contribution >= 4 is 28.2 Å². The lowest BCUT2D eigenvalue weighted by Gasteiger charge is -1.94. The molecule has 0 aliphatic carbocycles. The van der Waals surface area contributed by atoms with Gasteiger partial charge in [0.1, 0.15) is 3.70 Å². The fourth-order valence-corrected chi connectivity index (χ4v) is 1.48. The monoisotopic (exact) mass is 259 g/mol. The van der Waals surface area contributed by atoms with Crippen LogP contribution in [-0.2, 0) is 0 Å². The van der Waals surface area contributed by atoms with E-state index in [1.807, 2.05) is 23.6 Å². The normalized spacial score (nSPS) is 10.7. The molecule has 0 aromatic carbocycles. The van der Waals surface area contributed by atoms with E-state index in [0.717, 1.165) is 15.0 Å². The Morgan fingerprint density at radius 3 is 3.09 bits per heavy atom. The van der Waals surface area contributed by atoms with Crippen molar-refractivity contribution in [3.63, 3.8) is 0 Å². The van der Waals surface area contributed by atoms with Gasteiger partial charge in [0.2, 0.25) is 0 Å². The van der Waals surface area contributed by atoms with Crippen molar-refractivity contribution in [2.75, 3.05) is 0 Å². The standard InChI is InChI=1S/C7H6IN3/c1-5-2-3-9-7-4-6(8)10-11(5)7/h2-4H,1H3. The largest absolute Gasteiger partial charge is 0.237 e. The summed E-state index contributed by atoms with van der Waals surface area (Å²) in [5.74, 6) is 0. The molecule has 2 aromatic heterocycles. The maximum Gasteiger partial charge on any atom is 0.156 e. The van der Waals surface area contributed by atoms with Crippen molar-refractivity contribution in [2.24, 2.45) is 0 Å². The molecule has 3 nitrogen and oxygen atoms in total. The Balaban J connectivity index is 2.90. The molecule has 0 atom stereocenters. The van der Waals surface area contributed by atoms with Gasteiger partial charge in [-0.3, -0.25) is 0 Å². The predicted molar refractivity (Wildman–Crippen MR) is 50.4 cm³/mol. The number of rotatable bonds is 0. The zero-order chi connectivity index (χ0) is 7.84. The van der Waals surface area contributed by atoms with Crippen LogP contribution in [0.3, 0.4) is 0 Å². The summed E-state index contributed by atoms with van der Waals surface area (Å²) < 4.78 is 2.81. The fourth-order valence-electron chi connectivity index (χ4n) is 0.987. The first-order valence-corrected chi connectivity index (χ1v) is 4.32. The van der Waals surface area contributed by atoms with Gasteiger partial charge in [0, 0.05) is 18.0 Å².